The molecule has 88 valence electrons. The molecule has 1 aromatic rings. The Hall–Kier alpha value is -1.08. The third-order valence-electron chi connectivity index (χ3n) is 3.01. The summed E-state index contributed by atoms with van der Waals surface area (Å²) in [5.41, 5.74) is 4.07. The highest BCUT2D eigenvalue weighted by molar-refractivity contribution is 5.23. The van der Waals surface area contributed by atoms with Crippen molar-refractivity contribution in [3.05, 3.63) is 47.5 Å². The summed E-state index contributed by atoms with van der Waals surface area (Å²) in [7, 11) is 2.03. The fraction of sp³-hybridized carbons (Fsp3) is 0.467. The number of likely N-dealkylation sites (N-methyl/N-ethyl adjacent to an activating group) is 1. The zero-order valence-corrected chi connectivity index (χ0v) is 10.7. The summed E-state index contributed by atoms with van der Waals surface area (Å²) < 4.78 is 0. The minimum Gasteiger partial charge on any atom is -0.316 e. The van der Waals surface area contributed by atoms with Crippen molar-refractivity contribution in [2.24, 2.45) is 0 Å². The van der Waals surface area contributed by atoms with E-state index in [9.17, 15) is 0 Å². The number of hydrogen-bond acceptors (Lipinski definition) is 1. The van der Waals surface area contributed by atoms with E-state index in [-0.39, 0.29) is 0 Å². The van der Waals surface area contributed by atoms with Gasteiger partial charge in [-0.1, -0.05) is 48.9 Å². The van der Waals surface area contributed by atoms with E-state index in [1.165, 1.54) is 16.7 Å². The van der Waals surface area contributed by atoms with E-state index < -0.39 is 0 Å². The molecule has 0 amide bonds. The van der Waals surface area contributed by atoms with E-state index >= 15 is 0 Å². The summed E-state index contributed by atoms with van der Waals surface area (Å²) in [6.45, 7) is 8.39. The van der Waals surface area contributed by atoms with Gasteiger partial charge in [0.2, 0.25) is 0 Å². The molecule has 1 rings (SSSR count). The lowest BCUT2D eigenvalue weighted by Crippen LogP contribution is -2.27. The topological polar surface area (TPSA) is 12.0 Å². The molecule has 1 nitrogen and oxygen atoms in total. The van der Waals surface area contributed by atoms with Gasteiger partial charge in [-0.2, -0.15) is 0 Å². The van der Waals surface area contributed by atoms with Crippen LogP contribution in [0.3, 0.4) is 0 Å². The molecule has 0 aliphatic rings. The Bertz CT molecular complexity index is 341. The summed E-state index contributed by atoms with van der Waals surface area (Å²) >= 11 is 0. The summed E-state index contributed by atoms with van der Waals surface area (Å²) in [6.07, 6.45) is 3.23. The highest BCUT2D eigenvalue weighted by Gasteiger charge is 2.08. The van der Waals surface area contributed by atoms with Gasteiger partial charge in [0, 0.05) is 6.04 Å². The smallest absolute Gasteiger partial charge is 0.0141 e. The molecular formula is C15H23N. The second-order valence-corrected chi connectivity index (χ2v) is 4.49. The van der Waals surface area contributed by atoms with Crippen LogP contribution in [0.5, 0.6) is 0 Å². The van der Waals surface area contributed by atoms with Gasteiger partial charge in [0.15, 0.2) is 0 Å². The highest BCUT2D eigenvalue weighted by Crippen LogP contribution is 2.13. The summed E-state index contributed by atoms with van der Waals surface area (Å²) in [4.78, 5) is 0. The number of rotatable bonds is 6. The number of hydrogen-bond donors (Lipinski definition) is 1. The van der Waals surface area contributed by atoms with Crippen molar-refractivity contribution < 1.29 is 0 Å². The lowest BCUT2D eigenvalue weighted by molar-refractivity contribution is 0.549. The largest absolute Gasteiger partial charge is 0.316 e. The minimum absolute atomic E-state index is 0.509. The monoisotopic (exact) mass is 217 g/mol. The average Bonchev–Trinajstić information content (AvgIpc) is 2.28. The molecule has 0 fully saturated rings. The Balaban J connectivity index is 2.59. The van der Waals surface area contributed by atoms with Gasteiger partial charge in [-0.25, -0.2) is 0 Å². The molecule has 0 heterocycles. The zero-order valence-electron chi connectivity index (χ0n) is 10.7. The molecule has 0 aliphatic heterocycles. The van der Waals surface area contributed by atoms with E-state index in [1.807, 2.05) is 7.05 Å². The minimum atomic E-state index is 0.509. The molecule has 1 unspecified atom stereocenters. The van der Waals surface area contributed by atoms with E-state index in [4.69, 9.17) is 0 Å². The van der Waals surface area contributed by atoms with E-state index in [0.29, 0.717) is 6.04 Å². The van der Waals surface area contributed by atoms with Crippen LogP contribution in [-0.4, -0.2) is 13.1 Å². The lowest BCUT2D eigenvalue weighted by Gasteiger charge is -2.17. The number of nitrogens with one attached hydrogen (secondary N) is 1. The Labute approximate surface area is 99.6 Å². The average molecular weight is 217 g/mol. The Morgan fingerprint density at radius 3 is 2.75 bits per heavy atom. The first-order valence-electron chi connectivity index (χ1n) is 6.05. The molecule has 1 atom stereocenters. The van der Waals surface area contributed by atoms with Crippen molar-refractivity contribution in [1.29, 1.82) is 0 Å². The molecule has 0 aliphatic carbocycles. The predicted molar refractivity (Wildman–Crippen MR) is 71.8 cm³/mol. The van der Waals surface area contributed by atoms with Gasteiger partial charge >= 0.3 is 0 Å². The maximum atomic E-state index is 4.08. The highest BCUT2D eigenvalue weighted by atomic mass is 14.9. The van der Waals surface area contributed by atoms with Crippen LogP contribution in [0.2, 0.25) is 0 Å². The number of aryl methyl sites for hydroxylation is 1. The van der Waals surface area contributed by atoms with Gasteiger partial charge in [-0.05, 0) is 38.8 Å². The van der Waals surface area contributed by atoms with Gasteiger partial charge in [-0.3, -0.25) is 0 Å². The van der Waals surface area contributed by atoms with Gasteiger partial charge < -0.3 is 5.32 Å². The van der Waals surface area contributed by atoms with Crippen LogP contribution in [0.25, 0.3) is 0 Å². The summed E-state index contributed by atoms with van der Waals surface area (Å²) in [6, 6.07) is 9.24. The first-order chi connectivity index (χ1) is 7.65. The molecule has 0 saturated heterocycles. The molecule has 1 aromatic carbocycles. The maximum Gasteiger partial charge on any atom is 0.0141 e. The van der Waals surface area contributed by atoms with Crippen LogP contribution in [0, 0.1) is 6.92 Å². The molecular weight excluding hydrogens is 194 g/mol. The molecule has 16 heavy (non-hydrogen) atoms. The third-order valence-corrected chi connectivity index (χ3v) is 3.01. The van der Waals surface area contributed by atoms with Crippen molar-refractivity contribution in [3.8, 4) is 0 Å². The SMILES string of the molecule is C=C(CC)CC(Cc1cccc(C)c1)NC. The second kappa shape index (κ2) is 6.49. The van der Waals surface area contributed by atoms with Crippen LogP contribution in [-0.2, 0) is 6.42 Å². The second-order valence-electron chi connectivity index (χ2n) is 4.49. The van der Waals surface area contributed by atoms with E-state index in [0.717, 1.165) is 19.3 Å². The van der Waals surface area contributed by atoms with Crippen LogP contribution >= 0.6 is 0 Å². The van der Waals surface area contributed by atoms with Crippen molar-refractivity contribution >= 4 is 0 Å². The fourth-order valence-corrected chi connectivity index (χ4v) is 1.89. The molecule has 1 N–H and O–H groups in total. The summed E-state index contributed by atoms with van der Waals surface area (Å²) in [5.74, 6) is 0. The van der Waals surface area contributed by atoms with Gasteiger partial charge in [-0.15, -0.1) is 0 Å². The van der Waals surface area contributed by atoms with Crippen LogP contribution < -0.4 is 5.32 Å². The molecule has 0 saturated carbocycles. The van der Waals surface area contributed by atoms with Gasteiger partial charge in [0.1, 0.15) is 0 Å². The van der Waals surface area contributed by atoms with Crippen molar-refractivity contribution in [2.45, 2.75) is 39.2 Å². The number of benzene rings is 1. The van der Waals surface area contributed by atoms with Crippen molar-refractivity contribution in [1.82, 2.24) is 5.32 Å². The van der Waals surface area contributed by atoms with Crippen molar-refractivity contribution in [3.63, 3.8) is 0 Å². The fourth-order valence-electron chi connectivity index (χ4n) is 1.89. The van der Waals surface area contributed by atoms with E-state index in [2.05, 4.69) is 50.0 Å². The summed E-state index contributed by atoms with van der Waals surface area (Å²) in [5, 5.41) is 3.37. The quantitative estimate of drug-likeness (QED) is 0.719. The Kier molecular flexibility index (Phi) is 5.27. The Morgan fingerprint density at radius 1 is 1.44 bits per heavy atom. The van der Waals surface area contributed by atoms with Crippen LogP contribution in [0.15, 0.2) is 36.4 Å². The maximum absolute atomic E-state index is 4.08. The first kappa shape index (κ1) is 13.0. The molecule has 0 aromatic heterocycles. The molecule has 1 heteroatoms. The lowest BCUT2D eigenvalue weighted by atomic mass is 9.98. The van der Waals surface area contributed by atoms with Crippen molar-refractivity contribution in [2.75, 3.05) is 7.05 Å². The molecule has 0 spiro atoms. The molecule has 0 radical (unpaired) electrons. The van der Waals surface area contributed by atoms with Crippen LogP contribution in [0.1, 0.15) is 30.9 Å². The first-order valence-corrected chi connectivity index (χ1v) is 6.05. The standard InChI is InChI=1S/C15H23N/c1-5-12(2)10-15(16-4)11-14-8-6-7-13(3)9-14/h6-9,15-16H,2,5,10-11H2,1,3-4H3. The zero-order chi connectivity index (χ0) is 12.0. The van der Waals surface area contributed by atoms with Crippen LogP contribution in [0.4, 0.5) is 0 Å². The normalized spacial score (nSPS) is 12.4. The van der Waals surface area contributed by atoms with Gasteiger partial charge in [0.25, 0.3) is 0 Å². The third kappa shape index (κ3) is 4.19. The van der Waals surface area contributed by atoms with Gasteiger partial charge in [0.05, 0.1) is 0 Å². The van der Waals surface area contributed by atoms with E-state index in [1.54, 1.807) is 0 Å². The predicted octanol–water partition coefficient (Wildman–Crippen LogP) is 3.48. The Morgan fingerprint density at radius 2 is 2.19 bits per heavy atom. The molecule has 0 bridgehead atoms.